The van der Waals surface area contributed by atoms with E-state index in [1.54, 1.807) is 18.5 Å². The second-order valence-corrected chi connectivity index (χ2v) is 4.14. The molecular weight excluding hydrogens is 230 g/mol. The Morgan fingerprint density at radius 3 is 2.94 bits per heavy atom. The summed E-state index contributed by atoms with van der Waals surface area (Å²) >= 11 is 0. The van der Waals surface area contributed by atoms with Gasteiger partial charge in [0, 0.05) is 11.8 Å². The molecule has 18 heavy (non-hydrogen) atoms. The van der Waals surface area contributed by atoms with Crippen LogP contribution < -0.4 is 9.47 Å². The van der Waals surface area contributed by atoms with E-state index in [1.807, 2.05) is 30.3 Å². The Labute approximate surface area is 105 Å². The molecule has 0 spiro atoms. The molecule has 2 heterocycles. The van der Waals surface area contributed by atoms with E-state index in [2.05, 4.69) is 4.98 Å². The van der Waals surface area contributed by atoms with Crippen LogP contribution in [-0.2, 0) is 0 Å². The van der Waals surface area contributed by atoms with Crippen LogP contribution in [0.5, 0.6) is 11.5 Å². The van der Waals surface area contributed by atoms with Crippen molar-refractivity contribution in [3.05, 3.63) is 54.4 Å². The van der Waals surface area contributed by atoms with Gasteiger partial charge < -0.3 is 14.6 Å². The number of ether oxygens (including phenoxy) is 2. The van der Waals surface area contributed by atoms with Crippen LogP contribution in [0.3, 0.4) is 0 Å². The molecule has 3 rings (SSSR count). The Morgan fingerprint density at radius 1 is 1.22 bits per heavy atom. The highest BCUT2D eigenvalue weighted by Gasteiger charge is 2.27. The molecule has 0 aliphatic carbocycles. The van der Waals surface area contributed by atoms with Gasteiger partial charge in [0.1, 0.15) is 11.5 Å². The molecule has 4 heteroatoms. The average Bonchev–Trinajstić information content (AvgIpc) is 2.40. The molecule has 4 nitrogen and oxygen atoms in total. The van der Waals surface area contributed by atoms with Gasteiger partial charge in [0.25, 0.3) is 0 Å². The van der Waals surface area contributed by atoms with Crippen molar-refractivity contribution in [3.63, 3.8) is 0 Å². The van der Waals surface area contributed by atoms with Crippen LogP contribution in [0.1, 0.15) is 18.1 Å². The molecule has 0 fully saturated rings. The highest BCUT2D eigenvalue weighted by Crippen LogP contribution is 2.34. The van der Waals surface area contributed by atoms with E-state index in [4.69, 9.17) is 9.47 Å². The van der Waals surface area contributed by atoms with Gasteiger partial charge in [-0.05, 0) is 18.2 Å². The Balaban J connectivity index is 1.78. The molecular formula is C14H13NO3. The lowest BCUT2D eigenvalue weighted by Crippen LogP contribution is -2.30. The van der Waals surface area contributed by atoms with Gasteiger partial charge >= 0.3 is 0 Å². The fraction of sp³-hybridized carbons (Fsp3) is 0.214. The minimum Gasteiger partial charge on any atom is -0.454 e. The van der Waals surface area contributed by atoms with Gasteiger partial charge in [0.15, 0.2) is 0 Å². The van der Waals surface area contributed by atoms with Crippen molar-refractivity contribution in [2.45, 2.75) is 18.8 Å². The summed E-state index contributed by atoms with van der Waals surface area (Å²) in [6.07, 6.45) is 2.66. The van der Waals surface area contributed by atoms with Crippen LogP contribution in [0, 0.1) is 0 Å². The van der Waals surface area contributed by atoms with Crippen molar-refractivity contribution in [1.82, 2.24) is 4.98 Å². The first kappa shape index (κ1) is 11.0. The van der Waals surface area contributed by atoms with E-state index < -0.39 is 12.4 Å². The number of fused-ring (bicyclic) bond motifs is 1. The van der Waals surface area contributed by atoms with E-state index in [0.717, 1.165) is 5.56 Å². The lowest BCUT2D eigenvalue weighted by Gasteiger charge is -2.29. The highest BCUT2D eigenvalue weighted by atomic mass is 16.7. The zero-order valence-electron chi connectivity index (χ0n) is 9.69. The second-order valence-electron chi connectivity index (χ2n) is 4.14. The Morgan fingerprint density at radius 2 is 2.11 bits per heavy atom. The van der Waals surface area contributed by atoms with E-state index in [1.165, 1.54) is 0 Å². The quantitative estimate of drug-likeness (QED) is 0.879. The summed E-state index contributed by atoms with van der Waals surface area (Å²) in [5, 5.41) is 10.0. The standard InChI is InChI=1S/C14H13NO3/c16-12-8-14(17-10-4-3-7-15-9-10)18-13-6-2-1-5-11(12)13/h1-7,9,12,14,16H,8H2. The van der Waals surface area contributed by atoms with Crippen LogP contribution in [0.2, 0.25) is 0 Å². The summed E-state index contributed by atoms with van der Waals surface area (Å²) in [5.74, 6) is 1.30. The smallest absolute Gasteiger partial charge is 0.244 e. The fourth-order valence-corrected chi connectivity index (χ4v) is 2.00. The zero-order valence-corrected chi connectivity index (χ0v) is 9.69. The zero-order chi connectivity index (χ0) is 12.4. The van der Waals surface area contributed by atoms with Crippen LogP contribution in [0.4, 0.5) is 0 Å². The SMILES string of the molecule is OC1CC(Oc2cccnc2)Oc2ccccc21. The molecule has 1 N–H and O–H groups in total. The van der Waals surface area contributed by atoms with Gasteiger partial charge in [-0.15, -0.1) is 0 Å². The number of pyridine rings is 1. The molecule has 1 aromatic heterocycles. The highest BCUT2D eigenvalue weighted by molar-refractivity contribution is 5.36. The number of para-hydroxylation sites is 1. The van der Waals surface area contributed by atoms with Crippen molar-refractivity contribution in [2.24, 2.45) is 0 Å². The predicted molar refractivity (Wildman–Crippen MR) is 65.3 cm³/mol. The molecule has 2 unspecified atom stereocenters. The Hall–Kier alpha value is -2.07. The van der Waals surface area contributed by atoms with Gasteiger partial charge in [-0.3, -0.25) is 4.98 Å². The van der Waals surface area contributed by atoms with Crippen LogP contribution in [0.15, 0.2) is 48.8 Å². The second kappa shape index (κ2) is 4.66. The van der Waals surface area contributed by atoms with E-state index in [-0.39, 0.29) is 0 Å². The fourth-order valence-electron chi connectivity index (χ4n) is 2.00. The summed E-state index contributed by atoms with van der Waals surface area (Å²) in [5.41, 5.74) is 0.809. The Bertz CT molecular complexity index is 530. The maximum absolute atomic E-state index is 10.0. The summed E-state index contributed by atoms with van der Waals surface area (Å²) < 4.78 is 11.3. The number of aromatic nitrogens is 1. The first-order chi connectivity index (χ1) is 8.83. The largest absolute Gasteiger partial charge is 0.454 e. The third-order valence-corrected chi connectivity index (χ3v) is 2.85. The number of benzene rings is 1. The molecule has 0 saturated carbocycles. The van der Waals surface area contributed by atoms with Gasteiger partial charge in [-0.2, -0.15) is 0 Å². The van der Waals surface area contributed by atoms with Crippen molar-refractivity contribution < 1.29 is 14.6 Å². The molecule has 1 aromatic carbocycles. The first-order valence-corrected chi connectivity index (χ1v) is 5.83. The summed E-state index contributed by atoms with van der Waals surface area (Å²) in [6, 6.07) is 11.1. The number of aliphatic hydroxyl groups is 1. The molecule has 0 saturated heterocycles. The summed E-state index contributed by atoms with van der Waals surface area (Å²) in [6.45, 7) is 0. The van der Waals surface area contributed by atoms with Crippen LogP contribution in [-0.4, -0.2) is 16.4 Å². The number of rotatable bonds is 2. The van der Waals surface area contributed by atoms with Crippen molar-refractivity contribution >= 4 is 0 Å². The monoisotopic (exact) mass is 243 g/mol. The lowest BCUT2D eigenvalue weighted by atomic mass is 10.0. The Kier molecular flexibility index (Phi) is 2.86. The van der Waals surface area contributed by atoms with Gasteiger partial charge in [-0.25, -0.2) is 0 Å². The minimum absolute atomic E-state index is 0.409. The number of aliphatic hydroxyl groups excluding tert-OH is 1. The first-order valence-electron chi connectivity index (χ1n) is 5.83. The molecule has 0 bridgehead atoms. The van der Waals surface area contributed by atoms with Gasteiger partial charge in [0.05, 0.1) is 18.7 Å². The summed E-state index contributed by atoms with van der Waals surface area (Å²) in [4.78, 5) is 3.97. The number of hydrogen-bond acceptors (Lipinski definition) is 4. The summed E-state index contributed by atoms with van der Waals surface area (Å²) in [7, 11) is 0. The van der Waals surface area contributed by atoms with Crippen LogP contribution >= 0.6 is 0 Å². The molecule has 92 valence electrons. The van der Waals surface area contributed by atoms with Crippen LogP contribution in [0.25, 0.3) is 0 Å². The number of nitrogens with zero attached hydrogens (tertiary/aromatic N) is 1. The molecule has 0 amide bonds. The topological polar surface area (TPSA) is 51.6 Å². The molecule has 1 aliphatic rings. The normalized spacial score (nSPS) is 21.8. The predicted octanol–water partition coefficient (Wildman–Crippen LogP) is 2.30. The molecule has 1 aliphatic heterocycles. The van der Waals surface area contributed by atoms with Crippen molar-refractivity contribution in [2.75, 3.05) is 0 Å². The number of hydrogen-bond donors (Lipinski definition) is 1. The molecule has 2 aromatic rings. The maximum Gasteiger partial charge on any atom is 0.244 e. The minimum atomic E-state index is -0.559. The van der Waals surface area contributed by atoms with E-state index in [0.29, 0.717) is 17.9 Å². The lowest BCUT2D eigenvalue weighted by molar-refractivity contribution is -0.0500. The van der Waals surface area contributed by atoms with Gasteiger partial charge in [-0.1, -0.05) is 18.2 Å². The third-order valence-electron chi connectivity index (χ3n) is 2.85. The van der Waals surface area contributed by atoms with E-state index >= 15 is 0 Å². The van der Waals surface area contributed by atoms with Crippen molar-refractivity contribution in [1.29, 1.82) is 0 Å². The maximum atomic E-state index is 10.0. The van der Waals surface area contributed by atoms with Crippen molar-refractivity contribution in [3.8, 4) is 11.5 Å². The van der Waals surface area contributed by atoms with Gasteiger partial charge in [0.2, 0.25) is 6.29 Å². The van der Waals surface area contributed by atoms with E-state index in [9.17, 15) is 5.11 Å². The third kappa shape index (κ3) is 2.15. The molecule has 2 atom stereocenters. The average molecular weight is 243 g/mol. The molecule has 0 radical (unpaired) electrons.